The van der Waals surface area contributed by atoms with Crippen molar-refractivity contribution in [2.24, 2.45) is 10.9 Å². The lowest BCUT2D eigenvalue weighted by Gasteiger charge is -2.25. The monoisotopic (exact) mass is 319 g/mol. The molecule has 1 saturated carbocycles. The number of hydrogen-bond acceptors (Lipinski definition) is 3. The number of furan rings is 1. The summed E-state index contributed by atoms with van der Waals surface area (Å²) >= 11 is 0. The maximum absolute atomic E-state index is 5.45. The zero-order valence-electron chi connectivity index (χ0n) is 13.9. The third-order valence-corrected chi connectivity index (χ3v) is 4.72. The minimum absolute atomic E-state index is 0.568. The van der Waals surface area contributed by atoms with Gasteiger partial charge in [0.25, 0.3) is 0 Å². The molecule has 1 unspecified atom stereocenters. The first kappa shape index (κ1) is 16.4. The van der Waals surface area contributed by atoms with Crippen molar-refractivity contribution < 1.29 is 9.15 Å². The van der Waals surface area contributed by atoms with E-state index in [1.807, 2.05) is 12.1 Å². The lowest BCUT2D eigenvalue weighted by atomic mass is 9.96. The summed E-state index contributed by atoms with van der Waals surface area (Å²) < 4.78 is 10.8. The number of aliphatic imine (C=N–C) groups is 1. The Balaban J connectivity index is 1.49. The van der Waals surface area contributed by atoms with Gasteiger partial charge in [-0.25, -0.2) is 0 Å². The Morgan fingerprint density at radius 3 is 2.87 bits per heavy atom. The summed E-state index contributed by atoms with van der Waals surface area (Å²) in [5, 5.41) is 7.09. The zero-order chi connectivity index (χ0) is 15.7. The van der Waals surface area contributed by atoms with Gasteiger partial charge < -0.3 is 19.8 Å². The van der Waals surface area contributed by atoms with Gasteiger partial charge in [0.1, 0.15) is 5.76 Å². The van der Waals surface area contributed by atoms with Crippen molar-refractivity contribution in [1.82, 2.24) is 10.6 Å². The molecule has 0 spiro atoms. The number of nitrogens with one attached hydrogen (secondary N) is 2. The molecule has 128 valence electrons. The van der Waals surface area contributed by atoms with E-state index in [2.05, 4.69) is 10.6 Å². The topological polar surface area (TPSA) is 58.8 Å². The van der Waals surface area contributed by atoms with Gasteiger partial charge in [-0.15, -0.1) is 0 Å². The minimum atomic E-state index is 0.568. The predicted octanol–water partition coefficient (Wildman–Crippen LogP) is 2.73. The van der Waals surface area contributed by atoms with Crippen molar-refractivity contribution >= 4 is 5.96 Å². The van der Waals surface area contributed by atoms with E-state index in [1.165, 1.54) is 32.1 Å². The van der Waals surface area contributed by atoms with E-state index < -0.39 is 0 Å². The van der Waals surface area contributed by atoms with Crippen LogP contribution in [0.15, 0.2) is 27.8 Å². The highest BCUT2D eigenvalue weighted by atomic mass is 16.5. The third-order valence-electron chi connectivity index (χ3n) is 4.72. The van der Waals surface area contributed by atoms with E-state index in [-0.39, 0.29) is 0 Å². The molecule has 0 amide bonds. The van der Waals surface area contributed by atoms with Crippen LogP contribution in [-0.4, -0.2) is 38.3 Å². The number of nitrogens with zero attached hydrogens (tertiary/aromatic N) is 1. The molecule has 1 aromatic heterocycles. The highest BCUT2D eigenvalue weighted by Crippen LogP contribution is 2.17. The molecule has 1 aliphatic heterocycles. The number of guanidine groups is 1. The lowest BCUT2D eigenvalue weighted by Crippen LogP contribution is -2.45. The van der Waals surface area contributed by atoms with Crippen molar-refractivity contribution in [3.8, 4) is 0 Å². The van der Waals surface area contributed by atoms with Crippen molar-refractivity contribution in [1.29, 1.82) is 0 Å². The molecule has 23 heavy (non-hydrogen) atoms. The Hall–Kier alpha value is -1.49. The van der Waals surface area contributed by atoms with Crippen LogP contribution in [0.4, 0.5) is 0 Å². The van der Waals surface area contributed by atoms with E-state index in [0.717, 1.165) is 50.9 Å². The van der Waals surface area contributed by atoms with Crippen LogP contribution in [0, 0.1) is 5.92 Å². The summed E-state index contributed by atoms with van der Waals surface area (Å²) in [5.74, 6) is 2.54. The summed E-state index contributed by atoms with van der Waals surface area (Å²) in [7, 11) is 0. The lowest BCUT2D eigenvalue weighted by molar-refractivity contribution is 0.187. The number of hydrogen-bond donors (Lipinski definition) is 2. The SMILES string of the molecule is c1coc(CCNC(=NCC2CCOC2)NC2CCCCC2)c1. The van der Waals surface area contributed by atoms with E-state index in [1.54, 1.807) is 6.26 Å². The molecule has 1 saturated heterocycles. The van der Waals surface area contributed by atoms with Gasteiger partial charge in [-0.05, 0) is 31.4 Å². The summed E-state index contributed by atoms with van der Waals surface area (Å²) in [4.78, 5) is 4.80. The average Bonchev–Trinajstić information content (AvgIpc) is 3.27. The summed E-state index contributed by atoms with van der Waals surface area (Å²) in [6, 6.07) is 4.52. The van der Waals surface area contributed by atoms with Gasteiger partial charge in [0.2, 0.25) is 0 Å². The van der Waals surface area contributed by atoms with Crippen LogP contribution in [0.5, 0.6) is 0 Å². The fraction of sp³-hybridized carbons (Fsp3) is 0.722. The minimum Gasteiger partial charge on any atom is -0.469 e. The second kappa shape index (κ2) is 8.96. The highest BCUT2D eigenvalue weighted by molar-refractivity contribution is 5.80. The van der Waals surface area contributed by atoms with Crippen LogP contribution in [-0.2, 0) is 11.2 Å². The normalized spacial score (nSPS) is 23.1. The van der Waals surface area contributed by atoms with Crippen LogP contribution in [0.3, 0.4) is 0 Å². The Labute approximate surface area is 138 Å². The number of rotatable bonds is 6. The van der Waals surface area contributed by atoms with E-state index in [9.17, 15) is 0 Å². The molecule has 0 radical (unpaired) electrons. The van der Waals surface area contributed by atoms with Gasteiger partial charge in [-0.1, -0.05) is 19.3 Å². The van der Waals surface area contributed by atoms with Gasteiger partial charge in [-0.2, -0.15) is 0 Å². The first-order valence-electron chi connectivity index (χ1n) is 9.05. The van der Waals surface area contributed by atoms with E-state index in [0.29, 0.717) is 12.0 Å². The molecule has 5 heteroatoms. The molecule has 2 fully saturated rings. The standard InChI is InChI=1S/C18H29N3O2/c1-2-5-16(6-3-1)21-18(20-13-15-9-12-22-14-15)19-10-8-17-7-4-11-23-17/h4,7,11,15-16H,1-3,5-6,8-10,12-14H2,(H2,19,20,21). The molecular weight excluding hydrogens is 290 g/mol. The first-order chi connectivity index (χ1) is 11.4. The smallest absolute Gasteiger partial charge is 0.191 e. The third kappa shape index (κ3) is 5.57. The fourth-order valence-corrected chi connectivity index (χ4v) is 3.30. The Kier molecular flexibility index (Phi) is 6.38. The molecule has 5 nitrogen and oxygen atoms in total. The summed E-state index contributed by atoms with van der Waals surface area (Å²) in [5.41, 5.74) is 0. The largest absolute Gasteiger partial charge is 0.469 e. The molecule has 0 aromatic carbocycles. The zero-order valence-corrected chi connectivity index (χ0v) is 13.9. The van der Waals surface area contributed by atoms with E-state index >= 15 is 0 Å². The molecule has 2 N–H and O–H groups in total. The van der Waals surface area contributed by atoms with Crippen molar-refractivity contribution in [2.75, 3.05) is 26.3 Å². The van der Waals surface area contributed by atoms with Crippen LogP contribution in [0.25, 0.3) is 0 Å². The molecule has 2 heterocycles. The molecule has 3 rings (SSSR count). The van der Waals surface area contributed by atoms with Gasteiger partial charge >= 0.3 is 0 Å². The average molecular weight is 319 g/mol. The van der Waals surface area contributed by atoms with Crippen molar-refractivity contribution in [3.63, 3.8) is 0 Å². The van der Waals surface area contributed by atoms with Gasteiger partial charge in [0, 0.05) is 38.1 Å². The van der Waals surface area contributed by atoms with Gasteiger partial charge in [0.05, 0.1) is 12.9 Å². The van der Waals surface area contributed by atoms with Crippen molar-refractivity contribution in [2.45, 2.75) is 51.0 Å². The highest BCUT2D eigenvalue weighted by Gasteiger charge is 2.17. The summed E-state index contributed by atoms with van der Waals surface area (Å²) in [6.07, 6.45) is 10.3. The van der Waals surface area contributed by atoms with Crippen LogP contribution < -0.4 is 10.6 Å². The molecule has 1 aliphatic carbocycles. The Bertz CT molecular complexity index is 461. The van der Waals surface area contributed by atoms with E-state index in [4.69, 9.17) is 14.1 Å². The maximum Gasteiger partial charge on any atom is 0.191 e. The second-order valence-corrected chi connectivity index (χ2v) is 6.65. The van der Waals surface area contributed by atoms with Crippen LogP contribution in [0.1, 0.15) is 44.3 Å². The quantitative estimate of drug-likeness (QED) is 0.625. The Morgan fingerprint density at radius 2 is 2.13 bits per heavy atom. The fourth-order valence-electron chi connectivity index (χ4n) is 3.30. The molecule has 0 bridgehead atoms. The number of ether oxygens (including phenoxy) is 1. The maximum atomic E-state index is 5.45. The molecular formula is C18H29N3O2. The molecule has 1 atom stereocenters. The van der Waals surface area contributed by atoms with Crippen molar-refractivity contribution in [3.05, 3.63) is 24.2 Å². The van der Waals surface area contributed by atoms with Gasteiger partial charge in [0.15, 0.2) is 5.96 Å². The Morgan fingerprint density at radius 1 is 1.22 bits per heavy atom. The van der Waals surface area contributed by atoms with Gasteiger partial charge in [-0.3, -0.25) is 4.99 Å². The van der Waals surface area contributed by atoms with Crippen LogP contribution in [0.2, 0.25) is 0 Å². The second-order valence-electron chi connectivity index (χ2n) is 6.65. The van der Waals surface area contributed by atoms with Crippen LogP contribution >= 0.6 is 0 Å². The molecule has 1 aromatic rings. The first-order valence-corrected chi connectivity index (χ1v) is 9.05. The molecule has 2 aliphatic rings. The summed E-state index contributed by atoms with van der Waals surface area (Å²) in [6.45, 7) is 3.43. The predicted molar refractivity (Wildman–Crippen MR) is 91.7 cm³/mol.